The molecule has 0 aromatic heterocycles. The molecule has 56 heavy (non-hydrogen) atoms. The summed E-state index contributed by atoms with van der Waals surface area (Å²) in [7, 11) is 3.07. The Balaban J connectivity index is 1.97. The second-order valence-corrected chi connectivity index (χ2v) is 15.1. The van der Waals surface area contributed by atoms with Crippen molar-refractivity contribution in [3.63, 3.8) is 0 Å². The number of phenolic OH excluding ortho intramolecular Hbond substituents is 3. The number of carbonyl (C=O) groups excluding carboxylic acids is 3. The molecule has 9 atom stereocenters. The molecule has 9 unspecified atom stereocenters. The smallest absolute Gasteiger partial charge is 0.312 e. The number of ketones is 1. The van der Waals surface area contributed by atoms with E-state index in [0.29, 0.717) is 0 Å². The maximum absolute atomic E-state index is 14.3. The van der Waals surface area contributed by atoms with Gasteiger partial charge in [-0.25, -0.2) is 0 Å². The number of likely N-dealkylation sites (N-methyl/N-ethyl adjacent to an activating group) is 1. The van der Waals surface area contributed by atoms with E-state index in [1.54, 1.807) is 51.8 Å². The van der Waals surface area contributed by atoms with Gasteiger partial charge in [0.1, 0.15) is 23.4 Å². The Morgan fingerprint density at radius 1 is 0.964 bits per heavy atom. The van der Waals surface area contributed by atoms with Gasteiger partial charge in [0.05, 0.1) is 47.8 Å². The highest BCUT2D eigenvalue weighted by atomic mass is 16.7. The number of hydrogen-bond acceptors (Lipinski definition) is 14. The number of aliphatic hydroxyl groups excluding tert-OH is 3. The summed E-state index contributed by atoms with van der Waals surface area (Å²) in [5, 5.41) is 69.7. The van der Waals surface area contributed by atoms with Crippen molar-refractivity contribution in [1.82, 2.24) is 4.90 Å². The van der Waals surface area contributed by atoms with Crippen molar-refractivity contribution < 1.29 is 64.0 Å². The quantitative estimate of drug-likeness (QED) is 0.124. The minimum atomic E-state index is -2.04. The first-order valence-electron chi connectivity index (χ1n) is 18.6. The maximum Gasteiger partial charge on any atom is 0.312 e. The number of benzene rings is 2. The zero-order valence-electron chi connectivity index (χ0n) is 33.6. The number of hydrogen-bond donors (Lipinski definition) is 7. The number of fused-ring (bicyclic) bond motifs is 14. The van der Waals surface area contributed by atoms with E-state index in [1.807, 2.05) is 0 Å². The van der Waals surface area contributed by atoms with Crippen molar-refractivity contribution in [2.45, 2.75) is 92.1 Å². The van der Waals surface area contributed by atoms with Gasteiger partial charge in [0.25, 0.3) is 11.7 Å². The second kappa shape index (κ2) is 17.6. The van der Waals surface area contributed by atoms with Crippen LogP contribution < -0.4 is 10.1 Å². The highest BCUT2D eigenvalue weighted by molar-refractivity contribution is 6.22. The van der Waals surface area contributed by atoms with Crippen LogP contribution >= 0.6 is 0 Å². The Morgan fingerprint density at radius 2 is 1.62 bits per heavy atom. The Kier molecular flexibility index (Phi) is 13.9. The van der Waals surface area contributed by atoms with E-state index in [1.165, 1.54) is 53.2 Å². The molecule has 0 radical (unpaired) electrons. The lowest BCUT2D eigenvalue weighted by atomic mass is 9.78. The van der Waals surface area contributed by atoms with Gasteiger partial charge in [-0.15, -0.1) is 0 Å². The zero-order valence-corrected chi connectivity index (χ0v) is 33.6. The largest absolute Gasteiger partial charge is 0.507 e. The molecule has 1 amide bonds. The summed E-state index contributed by atoms with van der Waals surface area (Å²) in [4.78, 5) is 41.8. The number of Topliss-reactive ketones (excluding diaryl/α,β-unsaturated/α-hetero) is 1. The van der Waals surface area contributed by atoms with Crippen LogP contribution in [0.3, 0.4) is 0 Å². The summed E-state index contributed by atoms with van der Waals surface area (Å²) < 4.78 is 23.5. The molecule has 3 heterocycles. The molecule has 308 valence electrons. The molecular formula is C41H56N2O13. The molecular weight excluding hydrogens is 728 g/mol. The number of anilines is 1. The first kappa shape index (κ1) is 44.0. The van der Waals surface area contributed by atoms with Crippen molar-refractivity contribution in [3.05, 3.63) is 52.8 Å². The monoisotopic (exact) mass is 784 g/mol. The predicted molar refractivity (Wildman–Crippen MR) is 207 cm³/mol. The molecule has 7 N–H and O–H groups in total. The van der Waals surface area contributed by atoms with E-state index >= 15 is 0 Å². The molecule has 0 spiro atoms. The Morgan fingerprint density at radius 3 is 2.23 bits per heavy atom. The number of nitrogens with one attached hydrogen (secondary N) is 1. The molecule has 5 rings (SSSR count). The van der Waals surface area contributed by atoms with E-state index in [-0.39, 0.29) is 64.2 Å². The average molecular weight is 785 g/mol. The van der Waals surface area contributed by atoms with Gasteiger partial charge in [0.15, 0.2) is 5.75 Å². The lowest BCUT2D eigenvalue weighted by molar-refractivity contribution is -0.160. The normalized spacial score (nSPS) is 30.5. The van der Waals surface area contributed by atoms with Crippen molar-refractivity contribution in [3.8, 4) is 23.0 Å². The molecule has 3 aliphatic rings. The number of nitrogens with zero attached hydrogens (tertiary/aromatic N) is 1. The number of aromatic hydroxyl groups is 3. The Bertz CT molecular complexity index is 1920. The first-order chi connectivity index (χ1) is 26.2. The van der Waals surface area contributed by atoms with Crippen LogP contribution in [0, 0.1) is 30.6 Å². The third kappa shape index (κ3) is 8.51. The highest BCUT2D eigenvalue weighted by Gasteiger charge is 2.50. The van der Waals surface area contributed by atoms with Crippen molar-refractivity contribution in [1.29, 1.82) is 0 Å². The van der Waals surface area contributed by atoms with E-state index in [9.17, 15) is 45.0 Å². The molecule has 15 nitrogen and oxygen atoms in total. The maximum atomic E-state index is 14.3. The van der Waals surface area contributed by atoms with Gasteiger partial charge >= 0.3 is 11.8 Å². The second-order valence-electron chi connectivity index (χ2n) is 15.1. The number of methoxy groups -OCH3 is 1. The summed E-state index contributed by atoms with van der Waals surface area (Å²) in [6.07, 6.45) is 3.50. The highest BCUT2D eigenvalue weighted by Crippen LogP contribution is 2.55. The predicted octanol–water partition coefficient (Wildman–Crippen LogP) is 4.18. The van der Waals surface area contributed by atoms with Crippen molar-refractivity contribution in [2.75, 3.05) is 32.6 Å². The van der Waals surface area contributed by atoms with Gasteiger partial charge < -0.3 is 54.9 Å². The number of rotatable bonds is 6. The van der Waals surface area contributed by atoms with Crippen LogP contribution in [0.15, 0.2) is 36.1 Å². The number of allylic oxidation sites excluding steroid dienone is 2. The first-order valence-corrected chi connectivity index (χ1v) is 18.6. The third-order valence-corrected chi connectivity index (χ3v) is 11.0. The SMILES string of the molecule is COC1C=COC2(C)Oc3c(C)c(O)c4c(O)c(c(CN(C)CCO)c(O)c4c3C2=O)NC(=O)/C(C)=C\C=C/C(C)C(O)C(C)C(O)C(C)C(OC(C)=O)C1C. The Labute approximate surface area is 326 Å². The summed E-state index contributed by atoms with van der Waals surface area (Å²) in [6, 6.07) is 0. The van der Waals surface area contributed by atoms with Gasteiger partial charge in [0.2, 0.25) is 0 Å². The van der Waals surface area contributed by atoms with Crippen LogP contribution in [0.2, 0.25) is 0 Å². The van der Waals surface area contributed by atoms with E-state index in [2.05, 4.69) is 5.32 Å². The number of ether oxygens (including phenoxy) is 4. The molecule has 0 saturated heterocycles. The molecule has 3 aliphatic heterocycles. The fraction of sp³-hybridized carbons (Fsp3) is 0.537. The number of esters is 1. The van der Waals surface area contributed by atoms with E-state index in [4.69, 9.17) is 18.9 Å². The van der Waals surface area contributed by atoms with E-state index < -0.39 is 88.8 Å². The molecule has 2 aromatic rings. The van der Waals surface area contributed by atoms with Gasteiger partial charge in [-0.05, 0) is 27.0 Å². The third-order valence-electron chi connectivity index (χ3n) is 11.0. The van der Waals surface area contributed by atoms with Crippen LogP contribution in [0.1, 0.15) is 70.0 Å². The molecule has 0 aliphatic carbocycles. The fourth-order valence-electron chi connectivity index (χ4n) is 7.46. The van der Waals surface area contributed by atoms with Gasteiger partial charge in [-0.2, -0.15) is 0 Å². The topological polar surface area (TPSA) is 225 Å². The lowest BCUT2D eigenvalue weighted by Gasteiger charge is -2.38. The van der Waals surface area contributed by atoms with Gasteiger partial charge in [-0.1, -0.05) is 45.9 Å². The summed E-state index contributed by atoms with van der Waals surface area (Å²) in [5.74, 6) is -8.34. The number of amides is 1. The summed E-state index contributed by atoms with van der Waals surface area (Å²) in [6.45, 7) is 12.2. The standard InChI is InChI=1S/C41H56N2O13/c1-19-12-11-13-20(2)40(52)42-31-26(18-43(9)15-16-44)35(49)28-29(36(31)50)34(48)24(6)38-30(28)39(51)41(8,56-38)54-17-14-27(53-10)21(3)37(55-25(7)45)23(5)33(47)22(4)32(19)46/h11-14,17,19,21-23,27,32-33,37,44,46-50H,15-16,18H2,1-10H3,(H,42,52)/b12-11-,17-14?,20-13-. The molecule has 5 bridgehead atoms. The van der Waals surface area contributed by atoms with Crippen LogP contribution in [-0.4, -0.2) is 111 Å². The van der Waals surface area contributed by atoms with Gasteiger partial charge in [-0.3, -0.25) is 19.3 Å². The zero-order chi connectivity index (χ0) is 42.0. The molecule has 0 fully saturated rings. The summed E-state index contributed by atoms with van der Waals surface area (Å²) >= 11 is 0. The van der Waals surface area contributed by atoms with Crippen molar-refractivity contribution >= 4 is 34.1 Å². The lowest BCUT2D eigenvalue weighted by Crippen LogP contribution is -2.46. The molecule has 0 saturated carbocycles. The molecule has 15 heteroatoms. The molecule has 2 aromatic carbocycles. The van der Waals surface area contributed by atoms with Crippen LogP contribution in [0.4, 0.5) is 5.69 Å². The number of aliphatic hydroxyl groups is 3. The average Bonchev–Trinajstić information content (AvgIpc) is 3.41. The van der Waals surface area contributed by atoms with Crippen LogP contribution in [0.5, 0.6) is 23.0 Å². The van der Waals surface area contributed by atoms with E-state index in [0.717, 1.165) is 0 Å². The Hall–Kier alpha value is -4.67. The fourth-order valence-corrected chi connectivity index (χ4v) is 7.46. The van der Waals surface area contributed by atoms with Gasteiger partial charge in [0, 0.05) is 79.8 Å². The summed E-state index contributed by atoms with van der Waals surface area (Å²) in [5.41, 5.74) is -0.211. The van der Waals surface area contributed by atoms with Crippen molar-refractivity contribution in [2.24, 2.45) is 23.7 Å². The van der Waals surface area contributed by atoms with Crippen LogP contribution in [-0.2, 0) is 30.3 Å². The number of carbonyl (C=O) groups is 3. The minimum Gasteiger partial charge on any atom is -0.507 e. The van der Waals surface area contributed by atoms with Crippen LogP contribution in [0.25, 0.3) is 10.8 Å². The number of phenols is 3. The minimum absolute atomic E-state index is 0.0115.